The van der Waals surface area contributed by atoms with Crippen LogP contribution in [0.4, 0.5) is 0 Å². The van der Waals surface area contributed by atoms with Crippen LogP contribution >= 0.6 is 0 Å². The summed E-state index contributed by atoms with van der Waals surface area (Å²) in [5.41, 5.74) is 5.33. The van der Waals surface area contributed by atoms with E-state index in [0.29, 0.717) is 5.56 Å². The number of hydrogen-bond acceptors (Lipinski definition) is 3. The Bertz CT molecular complexity index is 1010. The number of nitrogens with zero attached hydrogens (tertiary/aromatic N) is 1. The number of carbonyl (C=O) groups is 1. The molecule has 1 saturated heterocycles. The second-order valence-corrected chi connectivity index (χ2v) is 8.84. The third-order valence-electron chi connectivity index (χ3n) is 6.27. The molecule has 2 unspecified atom stereocenters. The van der Waals surface area contributed by atoms with E-state index < -0.39 is 0 Å². The van der Waals surface area contributed by atoms with Gasteiger partial charge in [-0.15, -0.1) is 0 Å². The highest BCUT2D eigenvalue weighted by molar-refractivity contribution is 5.82. The predicted octanol–water partition coefficient (Wildman–Crippen LogP) is 5.98. The second-order valence-electron chi connectivity index (χ2n) is 8.84. The van der Waals surface area contributed by atoms with Gasteiger partial charge in [-0.3, -0.25) is 9.69 Å². The molecule has 1 aliphatic heterocycles. The summed E-state index contributed by atoms with van der Waals surface area (Å²) in [6.45, 7) is 8.94. The molecule has 3 nitrogen and oxygen atoms in total. The third-order valence-corrected chi connectivity index (χ3v) is 6.27. The molecule has 3 heteroatoms. The molecule has 0 radical (unpaired) electrons. The Morgan fingerprint density at radius 1 is 0.968 bits per heavy atom. The average molecular weight is 414 g/mol. The van der Waals surface area contributed by atoms with Crippen molar-refractivity contribution in [3.63, 3.8) is 0 Å². The maximum Gasteiger partial charge on any atom is 0.154 e. The molecule has 0 aromatic heterocycles. The first-order valence-corrected chi connectivity index (χ1v) is 11.1. The summed E-state index contributed by atoms with van der Waals surface area (Å²) < 4.78 is 6.73. The van der Waals surface area contributed by atoms with Crippen molar-refractivity contribution in [2.24, 2.45) is 0 Å². The Hall–Kier alpha value is -2.91. The fourth-order valence-corrected chi connectivity index (χ4v) is 4.56. The smallest absolute Gasteiger partial charge is 0.154 e. The molecule has 0 N–H and O–H groups in total. The molecule has 160 valence electrons. The predicted molar refractivity (Wildman–Crippen MR) is 126 cm³/mol. The van der Waals surface area contributed by atoms with E-state index in [9.17, 15) is 4.79 Å². The first kappa shape index (κ1) is 21.3. The van der Waals surface area contributed by atoms with Gasteiger partial charge in [0.2, 0.25) is 0 Å². The maximum absolute atomic E-state index is 12.0. The van der Waals surface area contributed by atoms with Crippen molar-refractivity contribution in [1.29, 1.82) is 0 Å². The molecule has 0 aliphatic carbocycles. The number of ether oxygens (including phenoxy) is 1. The Balaban J connectivity index is 1.66. The first-order valence-electron chi connectivity index (χ1n) is 11.1. The third kappa shape index (κ3) is 4.72. The number of carbonyl (C=O) groups excluding carboxylic acids is 1. The highest BCUT2D eigenvalue weighted by Crippen LogP contribution is 2.37. The van der Waals surface area contributed by atoms with Gasteiger partial charge in [0, 0.05) is 25.6 Å². The Morgan fingerprint density at radius 3 is 2.29 bits per heavy atom. The SMILES string of the molecule is Cc1ccc(C(C)C)c(OC2CN(Cc3ccccc3)CC2c2ccccc2)c1C=O. The highest BCUT2D eigenvalue weighted by atomic mass is 16.5. The van der Waals surface area contributed by atoms with Crippen molar-refractivity contribution < 1.29 is 9.53 Å². The molecule has 0 amide bonds. The quantitative estimate of drug-likeness (QED) is 0.446. The van der Waals surface area contributed by atoms with E-state index in [-0.39, 0.29) is 17.9 Å². The van der Waals surface area contributed by atoms with Gasteiger partial charge in [-0.25, -0.2) is 0 Å². The van der Waals surface area contributed by atoms with Crippen LogP contribution in [0.25, 0.3) is 0 Å². The second kappa shape index (κ2) is 9.49. The molecular formula is C28H31NO2. The van der Waals surface area contributed by atoms with Crippen LogP contribution in [-0.4, -0.2) is 30.4 Å². The minimum atomic E-state index is -0.0101. The summed E-state index contributed by atoms with van der Waals surface area (Å²) >= 11 is 0. The van der Waals surface area contributed by atoms with E-state index >= 15 is 0 Å². The van der Waals surface area contributed by atoms with Gasteiger partial charge in [0.15, 0.2) is 6.29 Å². The van der Waals surface area contributed by atoms with Gasteiger partial charge in [0.1, 0.15) is 11.9 Å². The van der Waals surface area contributed by atoms with Crippen molar-refractivity contribution in [2.75, 3.05) is 13.1 Å². The number of rotatable bonds is 7. The van der Waals surface area contributed by atoms with Gasteiger partial charge in [0.05, 0.1) is 5.56 Å². The minimum absolute atomic E-state index is 0.0101. The molecule has 3 aromatic rings. The molecular weight excluding hydrogens is 382 g/mol. The van der Waals surface area contributed by atoms with Gasteiger partial charge in [-0.1, -0.05) is 86.6 Å². The molecule has 0 saturated carbocycles. The van der Waals surface area contributed by atoms with Gasteiger partial charge < -0.3 is 4.74 Å². The van der Waals surface area contributed by atoms with E-state index in [1.54, 1.807) is 0 Å². The molecule has 1 aliphatic rings. The van der Waals surface area contributed by atoms with E-state index in [1.807, 2.05) is 13.0 Å². The van der Waals surface area contributed by atoms with E-state index in [0.717, 1.165) is 42.8 Å². The zero-order valence-electron chi connectivity index (χ0n) is 18.6. The number of benzene rings is 3. The number of hydrogen-bond donors (Lipinski definition) is 0. The largest absolute Gasteiger partial charge is 0.487 e. The highest BCUT2D eigenvalue weighted by Gasteiger charge is 2.36. The van der Waals surface area contributed by atoms with Crippen molar-refractivity contribution in [2.45, 2.75) is 45.3 Å². The summed E-state index contributed by atoms with van der Waals surface area (Å²) in [6, 6.07) is 25.3. The summed E-state index contributed by atoms with van der Waals surface area (Å²) in [5.74, 6) is 1.30. The fraction of sp³-hybridized carbons (Fsp3) is 0.321. The normalized spacial score (nSPS) is 19.0. The molecule has 4 rings (SSSR count). The first-order chi connectivity index (χ1) is 15.1. The number of aryl methyl sites for hydroxylation is 1. The van der Waals surface area contributed by atoms with Gasteiger partial charge in [-0.2, -0.15) is 0 Å². The van der Waals surface area contributed by atoms with Crippen molar-refractivity contribution >= 4 is 6.29 Å². The number of likely N-dealkylation sites (tertiary alicyclic amines) is 1. The monoisotopic (exact) mass is 413 g/mol. The molecule has 0 bridgehead atoms. The Labute approximate surface area is 185 Å². The van der Waals surface area contributed by atoms with Crippen molar-refractivity contribution in [3.8, 4) is 5.75 Å². The number of aldehydes is 1. The van der Waals surface area contributed by atoms with E-state index in [4.69, 9.17) is 4.74 Å². The molecule has 0 spiro atoms. The standard InChI is InChI=1S/C28H31NO2/c1-20(2)24-15-14-21(3)26(19-30)28(24)31-27-18-29(16-22-10-6-4-7-11-22)17-25(27)23-12-8-5-9-13-23/h4-15,19-20,25,27H,16-18H2,1-3H3. The van der Waals surface area contributed by atoms with Crippen LogP contribution in [0.15, 0.2) is 72.8 Å². The summed E-state index contributed by atoms with van der Waals surface area (Å²) in [5, 5.41) is 0. The van der Waals surface area contributed by atoms with Crippen LogP contribution in [0.1, 0.15) is 58.3 Å². The Morgan fingerprint density at radius 2 is 1.65 bits per heavy atom. The lowest BCUT2D eigenvalue weighted by Crippen LogP contribution is -2.27. The zero-order valence-corrected chi connectivity index (χ0v) is 18.6. The fourth-order valence-electron chi connectivity index (χ4n) is 4.56. The lowest BCUT2D eigenvalue weighted by Gasteiger charge is -2.25. The topological polar surface area (TPSA) is 29.5 Å². The molecule has 1 heterocycles. The molecule has 2 atom stereocenters. The van der Waals surface area contributed by atoms with Crippen molar-refractivity contribution in [1.82, 2.24) is 4.90 Å². The summed E-state index contributed by atoms with van der Waals surface area (Å²) in [7, 11) is 0. The summed E-state index contributed by atoms with van der Waals surface area (Å²) in [6.07, 6.45) is 0.939. The van der Waals surface area contributed by atoms with Crippen LogP contribution in [0, 0.1) is 6.92 Å². The Kier molecular flexibility index (Phi) is 6.53. The molecule has 1 fully saturated rings. The minimum Gasteiger partial charge on any atom is -0.487 e. The summed E-state index contributed by atoms with van der Waals surface area (Å²) in [4.78, 5) is 14.4. The van der Waals surface area contributed by atoms with E-state index in [1.165, 1.54) is 11.1 Å². The molecule has 3 aromatic carbocycles. The lowest BCUT2D eigenvalue weighted by molar-refractivity contribution is 0.111. The molecule has 31 heavy (non-hydrogen) atoms. The van der Waals surface area contributed by atoms with Crippen LogP contribution in [0.3, 0.4) is 0 Å². The van der Waals surface area contributed by atoms with Crippen molar-refractivity contribution in [3.05, 3.63) is 101 Å². The van der Waals surface area contributed by atoms with Crippen LogP contribution in [0.5, 0.6) is 5.75 Å². The van der Waals surface area contributed by atoms with Gasteiger partial charge >= 0.3 is 0 Å². The van der Waals surface area contributed by atoms with E-state index in [2.05, 4.69) is 85.5 Å². The van der Waals surface area contributed by atoms with Gasteiger partial charge in [0.25, 0.3) is 0 Å². The van der Waals surface area contributed by atoms with Crippen LogP contribution in [-0.2, 0) is 6.54 Å². The lowest BCUT2D eigenvalue weighted by atomic mass is 9.94. The van der Waals surface area contributed by atoms with Crippen LogP contribution in [0.2, 0.25) is 0 Å². The van der Waals surface area contributed by atoms with Gasteiger partial charge in [-0.05, 0) is 35.1 Å². The van der Waals surface area contributed by atoms with Crippen LogP contribution < -0.4 is 4.74 Å². The average Bonchev–Trinajstić information content (AvgIpc) is 3.17. The maximum atomic E-state index is 12.0. The zero-order chi connectivity index (χ0) is 21.8.